The van der Waals surface area contributed by atoms with Gasteiger partial charge in [0.25, 0.3) is 0 Å². The van der Waals surface area contributed by atoms with Crippen molar-refractivity contribution in [1.29, 1.82) is 0 Å². The van der Waals surface area contributed by atoms with Gasteiger partial charge in [0.1, 0.15) is 5.69 Å². The van der Waals surface area contributed by atoms with E-state index in [-0.39, 0.29) is 5.78 Å². The molecule has 0 amide bonds. The van der Waals surface area contributed by atoms with Crippen LogP contribution in [0.25, 0.3) is 0 Å². The molecule has 18 heavy (non-hydrogen) atoms. The van der Waals surface area contributed by atoms with E-state index in [2.05, 4.69) is 37.0 Å². The highest BCUT2D eigenvalue weighted by atomic mass is 79.9. The maximum absolute atomic E-state index is 12.4. The fraction of sp³-hybridized carbons (Fsp3) is 0.167. The fourth-order valence-electron chi connectivity index (χ4n) is 1.63. The van der Waals surface area contributed by atoms with Crippen LogP contribution in [0, 0.1) is 0 Å². The molecule has 0 N–H and O–H groups in total. The van der Waals surface area contributed by atoms with E-state index in [1.807, 2.05) is 19.1 Å². The summed E-state index contributed by atoms with van der Waals surface area (Å²) < 4.78 is 3.22. The summed E-state index contributed by atoms with van der Waals surface area (Å²) in [6.07, 6.45) is 1.49. The minimum atomic E-state index is -0.140. The maximum atomic E-state index is 12.4. The van der Waals surface area contributed by atoms with E-state index < -0.39 is 0 Å². The Morgan fingerprint density at radius 2 is 2.17 bits per heavy atom. The molecule has 1 aromatic heterocycles. The van der Waals surface area contributed by atoms with Crippen LogP contribution in [0.5, 0.6) is 0 Å². The van der Waals surface area contributed by atoms with Crippen molar-refractivity contribution in [3.8, 4) is 0 Å². The normalized spacial score (nSPS) is 10.7. The van der Waals surface area contributed by atoms with Crippen LogP contribution < -0.4 is 0 Å². The quantitative estimate of drug-likeness (QED) is 0.730. The number of rotatable bonds is 3. The van der Waals surface area contributed by atoms with Crippen LogP contribution in [0.3, 0.4) is 0 Å². The monoisotopic (exact) mass is 390 g/mol. The van der Waals surface area contributed by atoms with Gasteiger partial charge in [0.2, 0.25) is 5.78 Å². The van der Waals surface area contributed by atoms with Crippen molar-refractivity contribution in [2.45, 2.75) is 13.5 Å². The summed E-state index contributed by atoms with van der Waals surface area (Å²) in [4.78, 5) is 12.4. The van der Waals surface area contributed by atoms with Crippen LogP contribution in [0.15, 0.2) is 33.3 Å². The Hall–Kier alpha value is -0.650. The van der Waals surface area contributed by atoms with Crippen LogP contribution in [0.4, 0.5) is 0 Å². The van der Waals surface area contributed by atoms with Crippen molar-refractivity contribution < 1.29 is 4.79 Å². The molecule has 0 aliphatic carbocycles. The lowest BCUT2D eigenvalue weighted by Gasteiger charge is -2.07. The Kier molecular flexibility index (Phi) is 4.25. The zero-order valence-corrected chi connectivity index (χ0v) is 13.4. The summed E-state index contributed by atoms with van der Waals surface area (Å²) in [5.41, 5.74) is 0.984. The second-order valence-electron chi connectivity index (χ2n) is 3.61. The van der Waals surface area contributed by atoms with Gasteiger partial charge in [0, 0.05) is 21.1 Å². The van der Waals surface area contributed by atoms with Crippen LogP contribution in [0.2, 0.25) is 5.02 Å². The van der Waals surface area contributed by atoms with E-state index in [9.17, 15) is 4.79 Å². The van der Waals surface area contributed by atoms with Crippen LogP contribution in [-0.2, 0) is 6.54 Å². The molecule has 0 bridgehead atoms. The first-order valence-electron chi connectivity index (χ1n) is 5.25. The number of carbonyl (C=O) groups excluding carboxylic acids is 1. The highest BCUT2D eigenvalue weighted by Gasteiger charge is 2.20. The largest absolute Gasteiger partial charge is 0.287 e. The fourth-order valence-corrected chi connectivity index (χ4v) is 3.08. The molecule has 0 saturated carbocycles. The third-order valence-electron chi connectivity index (χ3n) is 2.49. The Labute approximate surface area is 126 Å². The van der Waals surface area contributed by atoms with Crippen molar-refractivity contribution in [3.05, 3.63) is 49.6 Å². The average molecular weight is 392 g/mol. The molecule has 3 nitrogen and oxygen atoms in total. The second kappa shape index (κ2) is 5.55. The number of ketones is 1. The van der Waals surface area contributed by atoms with Gasteiger partial charge in [-0.2, -0.15) is 5.10 Å². The molecule has 0 saturated heterocycles. The van der Waals surface area contributed by atoms with Crippen molar-refractivity contribution in [2.75, 3.05) is 0 Å². The highest BCUT2D eigenvalue weighted by molar-refractivity contribution is 9.11. The predicted octanol–water partition coefficient (Wildman–Crippen LogP) is 4.31. The Morgan fingerprint density at radius 1 is 1.44 bits per heavy atom. The molecule has 0 unspecified atom stereocenters. The molecule has 0 fully saturated rings. The number of nitrogens with zero attached hydrogens (tertiary/aromatic N) is 2. The van der Waals surface area contributed by atoms with E-state index in [1.165, 1.54) is 6.20 Å². The first-order chi connectivity index (χ1) is 8.54. The first kappa shape index (κ1) is 13.8. The Morgan fingerprint density at radius 3 is 2.78 bits per heavy atom. The molecule has 1 heterocycles. The predicted molar refractivity (Wildman–Crippen MR) is 78.2 cm³/mol. The number of hydrogen-bond acceptors (Lipinski definition) is 2. The molecule has 0 atom stereocenters. The molecule has 0 spiro atoms. The molecular weight excluding hydrogens is 383 g/mol. The van der Waals surface area contributed by atoms with Gasteiger partial charge in [-0.05, 0) is 41.1 Å². The van der Waals surface area contributed by atoms with Crippen LogP contribution >= 0.6 is 43.5 Å². The molecule has 2 aromatic rings. The second-order valence-corrected chi connectivity index (χ2v) is 5.79. The zero-order valence-electron chi connectivity index (χ0n) is 9.45. The lowest BCUT2D eigenvalue weighted by atomic mass is 10.1. The van der Waals surface area contributed by atoms with Crippen molar-refractivity contribution >= 4 is 49.2 Å². The van der Waals surface area contributed by atoms with Gasteiger partial charge in [0.15, 0.2) is 0 Å². The summed E-state index contributed by atoms with van der Waals surface area (Å²) in [5, 5.41) is 4.44. The Balaban J connectivity index is 2.51. The van der Waals surface area contributed by atoms with Crippen LogP contribution in [-0.4, -0.2) is 15.6 Å². The SMILES string of the molecule is CCn1ncc(Cl)c1C(=O)c1ccc(Br)cc1Br. The molecular formula is C12H9Br2ClN2O. The van der Waals surface area contributed by atoms with Crippen molar-refractivity contribution in [2.24, 2.45) is 0 Å². The molecule has 1 aromatic carbocycles. The van der Waals surface area contributed by atoms with Crippen molar-refractivity contribution in [1.82, 2.24) is 9.78 Å². The van der Waals surface area contributed by atoms with Gasteiger partial charge in [-0.3, -0.25) is 9.48 Å². The summed E-state index contributed by atoms with van der Waals surface area (Å²) in [6, 6.07) is 5.40. The third kappa shape index (κ3) is 2.53. The molecule has 0 aliphatic heterocycles. The topological polar surface area (TPSA) is 34.9 Å². The minimum absolute atomic E-state index is 0.140. The van der Waals surface area contributed by atoms with E-state index in [1.54, 1.807) is 10.7 Å². The van der Waals surface area contributed by atoms with E-state index >= 15 is 0 Å². The molecule has 6 heteroatoms. The third-order valence-corrected chi connectivity index (χ3v) is 3.91. The number of aryl methyl sites for hydroxylation is 1. The lowest BCUT2D eigenvalue weighted by Crippen LogP contribution is -2.11. The zero-order chi connectivity index (χ0) is 13.3. The van der Waals surface area contributed by atoms with Crippen molar-refractivity contribution in [3.63, 3.8) is 0 Å². The summed E-state index contributed by atoms with van der Waals surface area (Å²) in [7, 11) is 0. The summed E-state index contributed by atoms with van der Waals surface area (Å²) in [5.74, 6) is -0.140. The molecule has 2 rings (SSSR count). The number of benzene rings is 1. The van der Waals surface area contributed by atoms with Gasteiger partial charge >= 0.3 is 0 Å². The summed E-state index contributed by atoms with van der Waals surface area (Å²) >= 11 is 12.8. The van der Waals surface area contributed by atoms with E-state index in [0.717, 1.165) is 8.95 Å². The van der Waals surface area contributed by atoms with Gasteiger partial charge < -0.3 is 0 Å². The number of carbonyl (C=O) groups is 1. The number of aromatic nitrogens is 2. The average Bonchev–Trinajstić information content (AvgIpc) is 2.69. The van der Waals surface area contributed by atoms with Crippen LogP contribution in [0.1, 0.15) is 23.0 Å². The molecule has 94 valence electrons. The molecule has 0 radical (unpaired) electrons. The minimum Gasteiger partial charge on any atom is -0.287 e. The Bertz CT molecular complexity index is 610. The highest BCUT2D eigenvalue weighted by Crippen LogP contribution is 2.26. The number of halogens is 3. The maximum Gasteiger partial charge on any atom is 0.213 e. The molecule has 0 aliphatic rings. The van der Waals surface area contributed by atoms with Gasteiger partial charge in [-0.1, -0.05) is 27.5 Å². The van der Waals surface area contributed by atoms with Gasteiger partial charge in [-0.15, -0.1) is 0 Å². The lowest BCUT2D eigenvalue weighted by molar-refractivity contribution is 0.102. The smallest absolute Gasteiger partial charge is 0.213 e. The number of hydrogen-bond donors (Lipinski definition) is 0. The summed E-state index contributed by atoms with van der Waals surface area (Å²) in [6.45, 7) is 2.51. The van der Waals surface area contributed by atoms with E-state index in [4.69, 9.17) is 11.6 Å². The standard InChI is InChI=1S/C12H9Br2ClN2O/c1-2-17-11(10(15)6-16-17)12(18)8-4-3-7(13)5-9(8)14/h3-6H,2H2,1H3. The van der Waals surface area contributed by atoms with E-state index in [0.29, 0.717) is 22.8 Å². The van der Waals surface area contributed by atoms with Gasteiger partial charge in [-0.25, -0.2) is 0 Å². The van der Waals surface area contributed by atoms with Gasteiger partial charge in [0.05, 0.1) is 11.2 Å². The first-order valence-corrected chi connectivity index (χ1v) is 7.22.